The van der Waals surface area contributed by atoms with Crippen LogP contribution in [0.25, 0.3) is 0 Å². The number of hydrogen-bond donors (Lipinski definition) is 0. The highest BCUT2D eigenvalue weighted by Crippen LogP contribution is 2.17. The fraction of sp³-hybridized carbons (Fsp3) is 0.333. The maximum absolute atomic E-state index is 12.6. The summed E-state index contributed by atoms with van der Waals surface area (Å²) in [6, 6.07) is 12.9. The van der Waals surface area contributed by atoms with Crippen LogP contribution in [0.4, 0.5) is 0 Å². The first-order valence-corrected chi connectivity index (χ1v) is 8.60. The molecule has 1 amide bonds. The van der Waals surface area contributed by atoms with E-state index in [1.807, 2.05) is 52.7 Å². The maximum atomic E-state index is 12.6. The van der Waals surface area contributed by atoms with Crippen molar-refractivity contribution in [3.05, 3.63) is 58.3 Å². The first-order valence-electron chi connectivity index (χ1n) is 7.72. The third-order valence-corrected chi connectivity index (χ3v) is 4.85. The number of ketones is 1. The zero-order chi connectivity index (χ0) is 16.1. The molecule has 1 aliphatic rings. The first kappa shape index (κ1) is 15.9. The van der Waals surface area contributed by atoms with Gasteiger partial charge in [0, 0.05) is 23.4 Å². The second kappa shape index (κ2) is 7.53. The van der Waals surface area contributed by atoms with Crippen LogP contribution in [0, 0.1) is 0 Å². The number of carbonyl (C=O) groups is 2. The fourth-order valence-electron chi connectivity index (χ4n) is 2.77. The molecule has 0 aliphatic carbocycles. The maximum Gasteiger partial charge on any atom is 0.228 e. The molecule has 1 atom stereocenters. The monoisotopic (exact) mass is 329 g/mol. The summed E-state index contributed by atoms with van der Waals surface area (Å²) in [6.07, 6.45) is 0.702. The van der Waals surface area contributed by atoms with E-state index in [0.717, 1.165) is 4.88 Å². The van der Waals surface area contributed by atoms with E-state index in [1.165, 1.54) is 0 Å². The second-order valence-electron chi connectivity index (χ2n) is 5.57. The van der Waals surface area contributed by atoms with Gasteiger partial charge in [0.2, 0.25) is 5.91 Å². The van der Waals surface area contributed by atoms with E-state index in [9.17, 15) is 9.59 Å². The van der Waals surface area contributed by atoms with Crippen LogP contribution < -0.4 is 0 Å². The molecule has 23 heavy (non-hydrogen) atoms. The van der Waals surface area contributed by atoms with Gasteiger partial charge in [0.25, 0.3) is 0 Å². The van der Waals surface area contributed by atoms with Crippen molar-refractivity contribution in [3.63, 3.8) is 0 Å². The van der Waals surface area contributed by atoms with Gasteiger partial charge in [-0.2, -0.15) is 0 Å². The summed E-state index contributed by atoms with van der Waals surface area (Å²) in [5, 5.41) is 1.97. The highest BCUT2D eigenvalue weighted by molar-refractivity contribution is 7.10. The molecule has 2 heterocycles. The molecule has 1 fully saturated rings. The standard InChI is InChI=1S/C18H19NO3S/c20-17(14-5-2-1-3-6-14)11-15-13-22-9-8-19(15)18(21)12-16-7-4-10-23-16/h1-7,10,15H,8-9,11-13H2/t15-/m1/s1. The van der Waals surface area contributed by atoms with E-state index in [2.05, 4.69) is 0 Å². The number of benzene rings is 1. The van der Waals surface area contributed by atoms with Crippen LogP contribution in [0.5, 0.6) is 0 Å². The van der Waals surface area contributed by atoms with Gasteiger partial charge in [0.15, 0.2) is 5.78 Å². The summed E-state index contributed by atoms with van der Waals surface area (Å²) < 4.78 is 5.49. The highest BCUT2D eigenvalue weighted by atomic mass is 32.1. The lowest BCUT2D eigenvalue weighted by molar-refractivity contribution is -0.138. The van der Waals surface area contributed by atoms with Gasteiger partial charge >= 0.3 is 0 Å². The molecule has 5 heteroatoms. The summed E-state index contributed by atoms with van der Waals surface area (Å²) in [7, 11) is 0. The number of nitrogens with zero attached hydrogens (tertiary/aromatic N) is 1. The number of rotatable bonds is 5. The quantitative estimate of drug-likeness (QED) is 0.793. The molecule has 120 valence electrons. The third kappa shape index (κ3) is 4.06. The van der Waals surface area contributed by atoms with E-state index >= 15 is 0 Å². The van der Waals surface area contributed by atoms with E-state index in [1.54, 1.807) is 11.3 Å². The summed E-state index contributed by atoms with van der Waals surface area (Å²) in [6.45, 7) is 1.51. The van der Waals surface area contributed by atoms with Crippen molar-refractivity contribution in [1.29, 1.82) is 0 Å². The van der Waals surface area contributed by atoms with E-state index in [4.69, 9.17) is 4.74 Å². The van der Waals surface area contributed by atoms with Gasteiger partial charge in [-0.25, -0.2) is 0 Å². The van der Waals surface area contributed by atoms with Crippen molar-refractivity contribution in [2.75, 3.05) is 19.8 Å². The van der Waals surface area contributed by atoms with Gasteiger partial charge in [-0.05, 0) is 11.4 Å². The largest absolute Gasteiger partial charge is 0.377 e. The number of thiophene rings is 1. The van der Waals surface area contributed by atoms with Crippen LogP contribution in [-0.2, 0) is 16.0 Å². The van der Waals surface area contributed by atoms with Gasteiger partial charge in [-0.15, -0.1) is 11.3 Å². The molecule has 4 nitrogen and oxygen atoms in total. The van der Waals surface area contributed by atoms with Gasteiger partial charge in [0.05, 0.1) is 25.7 Å². The lowest BCUT2D eigenvalue weighted by Crippen LogP contribution is -2.50. The number of amides is 1. The Kier molecular flexibility index (Phi) is 5.20. The number of carbonyl (C=O) groups excluding carboxylic acids is 2. The highest BCUT2D eigenvalue weighted by Gasteiger charge is 2.29. The third-order valence-electron chi connectivity index (χ3n) is 3.97. The van der Waals surface area contributed by atoms with Gasteiger partial charge in [-0.3, -0.25) is 9.59 Å². The van der Waals surface area contributed by atoms with Crippen LogP contribution in [0.2, 0.25) is 0 Å². The van der Waals surface area contributed by atoms with E-state index in [0.29, 0.717) is 38.2 Å². The minimum atomic E-state index is -0.177. The molecule has 1 saturated heterocycles. The molecule has 0 bridgehead atoms. The Hall–Kier alpha value is -1.98. The Balaban J connectivity index is 1.66. The van der Waals surface area contributed by atoms with Gasteiger partial charge in [-0.1, -0.05) is 36.4 Å². The Morgan fingerprint density at radius 1 is 1.17 bits per heavy atom. The van der Waals surface area contributed by atoms with Crippen molar-refractivity contribution in [1.82, 2.24) is 4.90 Å². The minimum Gasteiger partial charge on any atom is -0.377 e. The predicted octanol–water partition coefficient (Wildman–Crippen LogP) is 2.79. The van der Waals surface area contributed by atoms with Crippen molar-refractivity contribution >= 4 is 23.0 Å². The fourth-order valence-corrected chi connectivity index (χ4v) is 3.47. The molecule has 3 rings (SSSR count). The van der Waals surface area contributed by atoms with Crippen LogP contribution >= 0.6 is 11.3 Å². The molecule has 0 spiro atoms. The average molecular weight is 329 g/mol. The summed E-state index contributed by atoms with van der Waals surface area (Å²) in [5.41, 5.74) is 0.684. The number of hydrogen-bond acceptors (Lipinski definition) is 4. The van der Waals surface area contributed by atoms with Crippen LogP contribution in [-0.4, -0.2) is 42.4 Å². The van der Waals surface area contributed by atoms with Crippen LogP contribution in [0.1, 0.15) is 21.7 Å². The molecular weight excluding hydrogens is 310 g/mol. The molecule has 0 unspecified atom stereocenters. The van der Waals surface area contributed by atoms with Gasteiger partial charge in [0.1, 0.15) is 0 Å². The number of morpholine rings is 1. The molecule has 1 aromatic heterocycles. The Morgan fingerprint density at radius 3 is 2.74 bits per heavy atom. The molecule has 1 aliphatic heterocycles. The summed E-state index contributed by atoms with van der Waals surface area (Å²) in [5.74, 6) is 0.122. The Labute approximate surface area is 139 Å². The zero-order valence-corrected chi connectivity index (χ0v) is 13.6. The van der Waals surface area contributed by atoms with E-state index in [-0.39, 0.29) is 17.7 Å². The van der Waals surface area contributed by atoms with Crippen molar-refractivity contribution in [2.45, 2.75) is 18.9 Å². The Morgan fingerprint density at radius 2 is 2.00 bits per heavy atom. The Bertz CT molecular complexity index is 654. The topological polar surface area (TPSA) is 46.6 Å². The molecule has 0 saturated carbocycles. The lowest BCUT2D eigenvalue weighted by atomic mass is 10.0. The summed E-state index contributed by atoms with van der Waals surface area (Å²) in [4.78, 5) is 27.8. The number of Topliss-reactive ketones (excluding diaryl/α,β-unsaturated/α-hetero) is 1. The zero-order valence-electron chi connectivity index (χ0n) is 12.8. The lowest BCUT2D eigenvalue weighted by Gasteiger charge is -2.35. The molecule has 1 aromatic carbocycles. The van der Waals surface area contributed by atoms with Crippen LogP contribution in [0.15, 0.2) is 47.8 Å². The van der Waals surface area contributed by atoms with E-state index < -0.39 is 0 Å². The van der Waals surface area contributed by atoms with Crippen molar-refractivity contribution in [2.24, 2.45) is 0 Å². The minimum absolute atomic E-state index is 0.0509. The molecule has 0 N–H and O–H groups in total. The van der Waals surface area contributed by atoms with Gasteiger partial charge < -0.3 is 9.64 Å². The second-order valence-corrected chi connectivity index (χ2v) is 6.60. The van der Waals surface area contributed by atoms with Crippen molar-refractivity contribution in [3.8, 4) is 0 Å². The first-order chi connectivity index (χ1) is 11.2. The molecule has 2 aromatic rings. The smallest absolute Gasteiger partial charge is 0.228 e. The average Bonchev–Trinajstić information content (AvgIpc) is 3.09. The number of ether oxygens (including phenoxy) is 1. The normalized spacial score (nSPS) is 17.9. The summed E-state index contributed by atoms with van der Waals surface area (Å²) >= 11 is 1.58. The molecular formula is C18H19NO3S. The van der Waals surface area contributed by atoms with Crippen molar-refractivity contribution < 1.29 is 14.3 Å². The molecule has 0 radical (unpaired) electrons. The predicted molar refractivity (Wildman–Crippen MR) is 89.7 cm³/mol. The van der Waals surface area contributed by atoms with Crippen LogP contribution in [0.3, 0.4) is 0 Å². The SMILES string of the molecule is O=C(C[C@@H]1COCCN1C(=O)Cc1cccs1)c1ccccc1.